The van der Waals surface area contributed by atoms with Crippen LogP contribution in [0.2, 0.25) is 0 Å². The van der Waals surface area contributed by atoms with Crippen LogP contribution in [-0.4, -0.2) is 12.1 Å². The van der Waals surface area contributed by atoms with Crippen LogP contribution < -0.4 is 15.8 Å². The molecule has 0 amide bonds. The van der Waals surface area contributed by atoms with E-state index in [2.05, 4.69) is 21.2 Å². The lowest BCUT2D eigenvalue weighted by Crippen LogP contribution is -2.12. The molecule has 3 N–H and O–H groups in total. The summed E-state index contributed by atoms with van der Waals surface area (Å²) >= 11 is 8.54. The molecule has 2 aromatic carbocycles. The molecule has 0 bridgehead atoms. The highest BCUT2D eigenvalue weighted by atomic mass is 79.9. The predicted octanol–water partition coefficient (Wildman–Crippen LogP) is 4.14. The van der Waals surface area contributed by atoms with E-state index >= 15 is 0 Å². The van der Waals surface area contributed by atoms with Crippen LogP contribution in [0.25, 0.3) is 0 Å². The van der Waals surface area contributed by atoms with E-state index in [0.717, 1.165) is 32.7 Å². The van der Waals surface area contributed by atoms with E-state index in [9.17, 15) is 0 Å². The zero-order valence-corrected chi connectivity index (χ0v) is 13.6. The Bertz CT molecular complexity index is 658. The summed E-state index contributed by atoms with van der Waals surface area (Å²) in [5, 5.41) is 3.36. The molecule has 3 nitrogen and oxygen atoms in total. The number of hydrogen-bond acceptors (Lipinski definition) is 3. The maximum absolute atomic E-state index is 5.76. The molecule has 2 rings (SSSR count). The van der Waals surface area contributed by atoms with Crippen molar-refractivity contribution < 1.29 is 4.74 Å². The monoisotopic (exact) mass is 350 g/mol. The van der Waals surface area contributed by atoms with Gasteiger partial charge >= 0.3 is 0 Å². The van der Waals surface area contributed by atoms with Gasteiger partial charge in [-0.25, -0.2) is 0 Å². The fourth-order valence-electron chi connectivity index (χ4n) is 1.88. The Hall–Kier alpha value is -1.59. The number of nitrogens with two attached hydrogens (primary N) is 1. The summed E-state index contributed by atoms with van der Waals surface area (Å²) in [7, 11) is 1.65. The third-order valence-electron chi connectivity index (χ3n) is 2.95. The van der Waals surface area contributed by atoms with Crippen LogP contribution in [0.1, 0.15) is 11.1 Å². The van der Waals surface area contributed by atoms with E-state index in [1.54, 1.807) is 7.11 Å². The second kappa shape index (κ2) is 6.24. The number of nitrogens with one attached hydrogen (secondary N) is 1. The first-order valence-electron chi connectivity index (χ1n) is 6.02. The number of aryl methyl sites for hydroxylation is 1. The van der Waals surface area contributed by atoms with Crippen molar-refractivity contribution in [3.8, 4) is 5.75 Å². The molecule has 0 fully saturated rings. The van der Waals surface area contributed by atoms with Crippen molar-refractivity contribution in [3.05, 3.63) is 52.0 Å². The molecule has 0 radical (unpaired) electrons. The second-order valence-electron chi connectivity index (χ2n) is 4.36. The second-order valence-corrected chi connectivity index (χ2v) is 5.72. The molecule has 5 heteroatoms. The number of thiocarbonyl (C=S) groups is 1. The Balaban J connectivity index is 2.39. The Morgan fingerprint density at radius 3 is 2.55 bits per heavy atom. The van der Waals surface area contributed by atoms with Gasteiger partial charge in [-0.15, -0.1) is 0 Å². The molecule has 0 heterocycles. The number of hydrogen-bond donors (Lipinski definition) is 2. The van der Waals surface area contributed by atoms with Crippen molar-refractivity contribution in [2.75, 3.05) is 12.4 Å². The summed E-state index contributed by atoms with van der Waals surface area (Å²) in [4.78, 5) is 0.367. The van der Waals surface area contributed by atoms with Crippen LogP contribution >= 0.6 is 28.1 Å². The highest BCUT2D eigenvalue weighted by Gasteiger charge is 2.08. The van der Waals surface area contributed by atoms with Crippen LogP contribution in [0.3, 0.4) is 0 Å². The van der Waals surface area contributed by atoms with Crippen molar-refractivity contribution in [3.63, 3.8) is 0 Å². The summed E-state index contributed by atoms with van der Waals surface area (Å²) in [6.45, 7) is 2.02. The minimum Gasteiger partial charge on any atom is -0.497 e. The van der Waals surface area contributed by atoms with Gasteiger partial charge in [-0.1, -0.05) is 28.1 Å². The largest absolute Gasteiger partial charge is 0.497 e. The van der Waals surface area contributed by atoms with Gasteiger partial charge in [0.25, 0.3) is 0 Å². The Kier molecular flexibility index (Phi) is 4.62. The molecular weight excluding hydrogens is 336 g/mol. The van der Waals surface area contributed by atoms with E-state index < -0.39 is 0 Å². The molecule has 20 heavy (non-hydrogen) atoms. The van der Waals surface area contributed by atoms with Crippen LogP contribution in [0, 0.1) is 6.92 Å². The number of halogens is 1. The smallest absolute Gasteiger partial charge is 0.119 e. The van der Waals surface area contributed by atoms with E-state index in [-0.39, 0.29) is 0 Å². The molecule has 0 atom stereocenters. The molecule has 0 spiro atoms. The summed E-state index contributed by atoms with van der Waals surface area (Å²) in [6.07, 6.45) is 0. The van der Waals surface area contributed by atoms with Crippen molar-refractivity contribution >= 4 is 44.5 Å². The number of methoxy groups -OCH3 is 1. The summed E-state index contributed by atoms with van der Waals surface area (Å²) in [6, 6.07) is 11.6. The minimum absolute atomic E-state index is 0.367. The van der Waals surface area contributed by atoms with Crippen molar-refractivity contribution in [1.82, 2.24) is 0 Å². The summed E-state index contributed by atoms with van der Waals surface area (Å²) in [5.74, 6) is 0.830. The first-order valence-corrected chi connectivity index (χ1v) is 7.22. The normalized spacial score (nSPS) is 10.2. The van der Waals surface area contributed by atoms with Gasteiger partial charge in [0, 0.05) is 21.4 Å². The average molecular weight is 351 g/mol. The number of anilines is 2. The standard InChI is InChI=1S/C15H15BrN2OS/c1-9-7-11(19-2)4-6-13(9)18-14-8-10(16)3-5-12(14)15(17)20/h3-8,18H,1-2H3,(H2,17,20). The molecule has 0 saturated heterocycles. The van der Waals surface area contributed by atoms with Gasteiger partial charge in [0.15, 0.2) is 0 Å². The number of ether oxygens (including phenoxy) is 1. The van der Waals surface area contributed by atoms with Gasteiger partial charge < -0.3 is 15.8 Å². The Morgan fingerprint density at radius 1 is 1.20 bits per heavy atom. The maximum Gasteiger partial charge on any atom is 0.119 e. The minimum atomic E-state index is 0.367. The molecule has 104 valence electrons. The quantitative estimate of drug-likeness (QED) is 0.813. The van der Waals surface area contributed by atoms with Gasteiger partial charge in [0.2, 0.25) is 0 Å². The van der Waals surface area contributed by atoms with Crippen LogP contribution in [0.15, 0.2) is 40.9 Å². The van der Waals surface area contributed by atoms with Crippen LogP contribution in [0.4, 0.5) is 11.4 Å². The van der Waals surface area contributed by atoms with Gasteiger partial charge in [0.05, 0.1) is 7.11 Å². The van der Waals surface area contributed by atoms with Gasteiger partial charge in [-0.2, -0.15) is 0 Å². The highest BCUT2D eigenvalue weighted by Crippen LogP contribution is 2.28. The first-order chi connectivity index (χ1) is 9.51. The first kappa shape index (κ1) is 14.8. The number of rotatable bonds is 4. The fourth-order valence-corrected chi connectivity index (χ4v) is 2.42. The maximum atomic E-state index is 5.76. The summed E-state index contributed by atoms with van der Waals surface area (Å²) in [5.41, 5.74) is 9.52. The molecule has 0 aromatic heterocycles. The molecule has 0 aliphatic heterocycles. The fraction of sp³-hybridized carbons (Fsp3) is 0.133. The third kappa shape index (κ3) is 3.29. The molecule has 0 aliphatic rings. The molecule has 0 saturated carbocycles. The van der Waals surface area contributed by atoms with Gasteiger partial charge in [-0.05, 0) is 48.9 Å². The lowest BCUT2D eigenvalue weighted by molar-refractivity contribution is 0.414. The molecular formula is C15H15BrN2OS. The van der Waals surface area contributed by atoms with Crippen LogP contribution in [-0.2, 0) is 0 Å². The SMILES string of the molecule is COc1ccc(Nc2cc(Br)ccc2C(N)=S)c(C)c1. The molecule has 2 aromatic rings. The third-order valence-corrected chi connectivity index (χ3v) is 3.66. The zero-order chi connectivity index (χ0) is 14.7. The Labute approximate surface area is 132 Å². The van der Waals surface area contributed by atoms with Crippen molar-refractivity contribution in [1.29, 1.82) is 0 Å². The van der Waals surface area contributed by atoms with E-state index in [1.165, 1.54) is 0 Å². The predicted molar refractivity (Wildman–Crippen MR) is 91.0 cm³/mol. The van der Waals surface area contributed by atoms with Gasteiger partial charge in [0.1, 0.15) is 10.7 Å². The summed E-state index contributed by atoms with van der Waals surface area (Å²) < 4.78 is 6.17. The lowest BCUT2D eigenvalue weighted by Gasteiger charge is -2.14. The van der Waals surface area contributed by atoms with Crippen molar-refractivity contribution in [2.45, 2.75) is 6.92 Å². The topological polar surface area (TPSA) is 47.3 Å². The zero-order valence-electron chi connectivity index (χ0n) is 11.2. The molecule has 0 unspecified atom stereocenters. The van der Waals surface area contributed by atoms with E-state index in [1.807, 2.05) is 43.3 Å². The Morgan fingerprint density at radius 2 is 1.95 bits per heavy atom. The van der Waals surface area contributed by atoms with E-state index in [0.29, 0.717) is 4.99 Å². The van der Waals surface area contributed by atoms with Gasteiger partial charge in [-0.3, -0.25) is 0 Å². The number of benzene rings is 2. The average Bonchev–Trinajstić information content (AvgIpc) is 2.40. The van der Waals surface area contributed by atoms with Crippen LogP contribution in [0.5, 0.6) is 5.75 Å². The van der Waals surface area contributed by atoms with Crippen molar-refractivity contribution in [2.24, 2.45) is 5.73 Å². The molecule has 0 aliphatic carbocycles. The van der Waals surface area contributed by atoms with E-state index in [4.69, 9.17) is 22.7 Å². The lowest BCUT2D eigenvalue weighted by atomic mass is 10.1. The highest BCUT2D eigenvalue weighted by molar-refractivity contribution is 9.10.